The Balaban J connectivity index is 2.56. The van der Waals surface area contributed by atoms with Gasteiger partial charge in [-0.3, -0.25) is 0 Å². The molecular formula is C15H24FNO. The van der Waals surface area contributed by atoms with Crippen LogP contribution in [-0.4, -0.2) is 12.6 Å². The largest absolute Gasteiger partial charge is 0.488 e. The number of rotatable bonds is 8. The van der Waals surface area contributed by atoms with E-state index in [4.69, 9.17) is 4.74 Å². The molecule has 1 rings (SSSR count). The summed E-state index contributed by atoms with van der Waals surface area (Å²) in [5.41, 5.74) is 0.955. The highest BCUT2D eigenvalue weighted by Crippen LogP contribution is 2.20. The van der Waals surface area contributed by atoms with Gasteiger partial charge in [-0.25, -0.2) is 4.39 Å². The lowest BCUT2D eigenvalue weighted by Crippen LogP contribution is -2.15. The van der Waals surface area contributed by atoms with E-state index in [2.05, 4.69) is 19.2 Å². The molecule has 1 unspecified atom stereocenters. The zero-order valence-corrected chi connectivity index (χ0v) is 11.6. The van der Waals surface area contributed by atoms with Crippen molar-refractivity contribution in [2.24, 2.45) is 0 Å². The fourth-order valence-electron chi connectivity index (χ4n) is 1.84. The first-order valence-electron chi connectivity index (χ1n) is 6.83. The lowest BCUT2D eigenvalue weighted by atomic mass is 10.2. The van der Waals surface area contributed by atoms with E-state index in [1.54, 1.807) is 12.1 Å². The normalized spacial score (nSPS) is 12.4. The number of hydrogen-bond donors (Lipinski definition) is 1. The van der Waals surface area contributed by atoms with Crippen molar-refractivity contribution in [2.45, 2.75) is 52.7 Å². The Morgan fingerprint density at radius 2 is 2.06 bits per heavy atom. The molecule has 1 N–H and O–H groups in total. The predicted molar refractivity (Wildman–Crippen MR) is 73.4 cm³/mol. The Morgan fingerprint density at radius 1 is 1.28 bits per heavy atom. The van der Waals surface area contributed by atoms with Gasteiger partial charge in [-0.1, -0.05) is 26.3 Å². The summed E-state index contributed by atoms with van der Waals surface area (Å²) in [6, 6.07) is 5.20. The minimum atomic E-state index is -0.270. The van der Waals surface area contributed by atoms with Crippen LogP contribution in [0.25, 0.3) is 0 Å². The number of hydrogen-bond acceptors (Lipinski definition) is 2. The maximum absolute atomic E-state index is 13.8. The molecule has 1 atom stereocenters. The van der Waals surface area contributed by atoms with Crippen LogP contribution in [0.4, 0.5) is 4.39 Å². The van der Waals surface area contributed by atoms with Crippen molar-refractivity contribution >= 4 is 0 Å². The van der Waals surface area contributed by atoms with Gasteiger partial charge in [0.2, 0.25) is 0 Å². The summed E-state index contributed by atoms with van der Waals surface area (Å²) >= 11 is 0. The summed E-state index contributed by atoms with van der Waals surface area (Å²) in [7, 11) is 0. The first-order chi connectivity index (χ1) is 8.67. The van der Waals surface area contributed by atoms with Crippen LogP contribution in [0.1, 0.15) is 45.6 Å². The van der Waals surface area contributed by atoms with Gasteiger partial charge in [0, 0.05) is 6.54 Å². The van der Waals surface area contributed by atoms with Crippen molar-refractivity contribution in [1.82, 2.24) is 5.32 Å². The van der Waals surface area contributed by atoms with Crippen LogP contribution in [0.5, 0.6) is 5.75 Å². The second-order valence-electron chi connectivity index (χ2n) is 4.66. The highest BCUT2D eigenvalue weighted by molar-refractivity contribution is 5.29. The molecule has 2 nitrogen and oxygen atoms in total. The van der Waals surface area contributed by atoms with Crippen molar-refractivity contribution in [3.05, 3.63) is 29.6 Å². The maximum atomic E-state index is 13.8. The van der Waals surface area contributed by atoms with Crippen molar-refractivity contribution in [1.29, 1.82) is 0 Å². The van der Waals surface area contributed by atoms with Crippen LogP contribution in [0.3, 0.4) is 0 Å². The van der Waals surface area contributed by atoms with E-state index in [0.717, 1.165) is 31.4 Å². The molecule has 0 aliphatic heterocycles. The van der Waals surface area contributed by atoms with E-state index < -0.39 is 0 Å². The average Bonchev–Trinajstić information content (AvgIpc) is 2.33. The summed E-state index contributed by atoms with van der Waals surface area (Å²) in [6.07, 6.45) is 3.13. The molecule has 0 bridgehead atoms. The molecule has 0 aliphatic carbocycles. The minimum Gasteiger partial charge on any atom is -0.488 e. The topological polar surface area (TPSA) is 21.3 Å². The van der Waals surface area contributed by atoms with Crippen molar-refractivity contribution in [3.63, 3.8) is 0 Å². The van der Waals surface area contributed by atoms with Gasteiger partial charge in [-0.2, -0.15) is 0 Å². The Kier molecular flexibility index (Phi) is 6.73. The number of benzene rings is 1. The molecule has 0 heterocycles. The van der Waals surface area contributed by atoms with E-state index >= 15 is 0 Å². The van der Waals surface area contributed by atoms with Crippen molar-refractivity contribution in [2.75, 3.05) is 6.54 Å². The molecule has 0 amide bonds. The number of halogens is 1. The highest BCUT2D eigenvalue weighted by atomic mass is 19.1. The van der Waals surface area contributed by atoms with E-state index in [-0.39, 0.29) is 11.9 Å². The van der Waals surface area contributed by atoms with Crippen molar-refractivity contribution in [3.8, 4) is 5.75 Å². The van der Waals surface area contributed by atoms with Crippen LogP contribution in [-0.2, 0) is 6.54 Å². The monoisotopic (exact) mass is 253 g/mol. The van der Waals surface area contributed by atoms with Crippen LogP contribution in [0.2, 0.25) is 0 Å². The molecule has 0 saturated heterocycles. The van der Waals surface area contributed by atoms with Crippen LogP contribution >= 0.6 is 0 Å². The van der Waals surface area contributed by atoms with Gasteiger partial charge in [-0.15, -0.1) is 0 Å². The Morgan fingerprint density at radius 3 is 2.67 bits per heavy atom. The van der Waals surface area contributed by atoms with Crippen LogP contribution in [0, 0.1) is 5.82 Å². The Labute approximate surface area is 110 Å². The molecule has 18 heavy (non-hydrogen) atoms. The summed E-state index contributed by atoms with van der Waals surface area (Å²) in [5, 5.41) is 3.25. The molecule has 3 heteroatoms. The molecule has 0 radical (unpaired) electrons. The smallest absolute Gasteiger partial charge is 0.165 e. The Bertz CT molecular complexity index is 354. The highest BCUT2D eigenvalue weighted by Gasteiger charge is 2.08. The number of nitrogens with one attached hydrogen (secondary N) is 1. The quantitative estimate of drug-likeness (QED) is 0.710. The maximum Gasteiger partial charge on any atom is 0.165 e. The van der Waals surface area contributed by atoms with Gasteiger partial charge in [0.25, 0.3) is 0 Å². The van der Waals surface area contributed by atoms with Crippen molar-refractivity contribution < 1.29 is 9.13 Å². The van der Waals surface area contributed by atoms with E-state index in [1.165, 1.54) is 0 Å². The zero-order valence-electron chi connectivity index (χ0n) is 11.6. The summed E-state index contributed by atoms with van der Waals surface area (Å²) in [6.45, 7) is 7.83. The van der Waals surface area contributed by atoms with Crippen LogP contribution < -0.4 is 10.1 Å². The summed E-state index contributed by atoms with van der Waals surface area (Å²) < 4.78 is 19.4. The predicted octanol–water partition coefficient (Wildman–Crippen LogP) is 3.89. The van der Waals surface area contributed by atoms with Gasteiger partial charge < -0.3 is 10.1 Å². The SMILES string of the molecule is CCCNCc1ccc(OC(C)CCC)c(F)c1. The molecule has 0 aliphatic rings. The fraction of sp³-hybridized carbons (Fsp3) is 0.600. The van der Waals surface area contributed by atoms with E-state index in [0.29, 0.717) is 12.3 Å². The molecule has 0 aromatic heterocycles. The van der Waals surface area contributed by atoms with Gasteiger partial charge in [0.15, 0.2) is 11.6 Å². The second-order valence-corrected chi connectivity index (χ2v) is 4.66. The average molecular weight is 253 g/mol. The third-order valence-corrected chi connectivity index (χ3v) is 2.78. The molecular weight excluding hydrogens is 229 g/mol. The first kappa shape index (κ1) is 15.0. The third-order valence-electron chi connectivity index (χ3n) is 2.78. The van der Waals surface area contributed by atoms with Crippen LogP contribution in [0.15, 0.2) is 18.2 Å². The Hall–Kier alpha value is -1.09. The molecule has 0 saturated carbocycles. The van der Waals surface area contributed by atoms with Gasteiger partial charge >= 0.3 is 0 Å². The van der Waals surface area contributed by atoms with Gasteiger partial charge in [0.1, 0.15) is 0 Å². The lowest BCUT2D eigenvalue weighted by Gasteiger charge is -2.15. The van der Waals surface area contributed by atoms with E-state index in [1.807, 2.05) is 13.0 Å². The lowest BCUT2D eigenvalue weighted by molar-refractivity contribution is 0.200. The fourth-order valence-corrected chi connectivity index (χ4v) is 1.84. The number of ether oxygens (including phenoxy) is 1. The molecule has 102 valence electrons. The molecule has 1 aromatic carbocycles. The second kappa shape index (κ2) is 8.09. The zero-order chi connectivity index (χ0) is 13.4. The molecule has 0 fully saturated rings. The summed E-state index contributed by atoms with van der Waals surface area (Å²) in [4.78, 5) is 0. The first-order valence-corrected chi connectivity index (χ1v) is 6.83. The van der Waals surface area contributed by atoms with E-state index in [9.17, 15) is 4.39 Å². The van der Waals surface area contributed by atoms with Gasteiger partial charge in [0.05, 0.1) is 6.10 Å². The minimum absolute atomic E-state index is 0.0635. The molecule has 1 aromatic rings. The summed E-state index contributed by atoms with van der Waals surface area (Å²) in [5.74, 6) is 0.0870. The van der Waals surface area contributed by atoms with Gasteiger partial charge in [-0.05, 0) is 44.0 Å². The molecule has 0 spiro atoms. The third kappa shape index (κ3) is 5.05. The standard InChI is InChI=1S/C15H24FNO/c1-4-6-12(3)18-15-8-7-13(10-14(15)16)11-17-9-5-2/h7-8,10,12,17H,4-6,9,11H2,1-3H3.